The van der Waals surface area contributed by atoms with Gasteiger partial charge in [0, 0.05) is 28.5 Å². The fraction of sp³-hybridized carbons (Fsp3) is 0.318. The number of methoxy groups -OCH3 is 1. The average molecular weight is 366 g/mol. The normalized spacial score (nSPS) is 19.0. The first-order valence-electron chi connectivity index (χ1n) is 8.63. The van der Waals surface area contributed by atoms with E-state index in [2.05, 4.69) is 37.0 Å². The quantitative estimate of drug-likeness (QED) is 0.808. The predicted molar refractivity (Wildman–Crippen MR) is 105 cm³/mol. The summed E-state index contributed by atoms with van der Waals surface area (Å²) < 4.78 is 5.48. The molecule has 2 aromatic carbocycles. The molecular weight excluding hydrogens is 344 g/mol. The number of ether oxygens (including phenoxy) is 1. The molecule has 3 nitrogen and oxygen atoms in total. The third-order valence-corrected chi connectivity index (χ3v) is 5.85. The van der Waals surface area contributed by atoms with Gasteiger partial charge in [0.05, 0.1) is 12.2 Å². The highest BCUT2D eigenvalue weighted by atomic mass is 32.2. The molecule has 1 N–H and O–H groups in total. The molecule has 0 aliphatic carbocycles. The van der Waals surface area contributed by atoms with E-state index in [0.717, 1.165) is 29.9 Å². The van der Waals surface area contributed by atoms with Gasteiger partial charge in [0.25, 0.3) is 0 Å². The zero-order chi connectivity index (χ0) is 18.6. The topological polar surface area (TPSA) is 46.5 Å². The summed E-state index contributed by atoms with van der Waals surface area (Å²) in [6, 6.07) is 13.1. The van der Waals surface area contributed by atoms with Crippen LogP contribution >= 0.6 is 11.8 Å². The number of rotatable bonds is 3. The Labute approximate surface area is 158 Å². The van der Waals surface area contributed by atoms with E-state index in [-0.39, 0.29) is 11.0 Å². The van der Waals surface area contributed by atoms with Gasteiger partial charge in [-0.15, -0.1) is 11.8 Å². The fourth-order valence-electron chi connectivity index (χ4n) is 3.31. The molecule has 0 amide bonds. The van der Waals surface area contributed by atoms with Crippen molar-refractivity contribution in [2.24, 2.45) is 0 Å². The van der Waals surface area contributed by atoms with Gasteiger partial charge in [-0.2, -0.15) is 0 Å². The van der Waals surface area contributed by atoms with E-state index < -0.39 is 5.97 Å². The Morgan fingerprint density at radius 1 is 1.19 bits per heavy atom. The Morgan fingerprint density at radius 2 is 1.88 bits per heavy atom. The van der Waals surface area contributed by atoms with Crippen LogP contribution in [0.4, 0.5) is 0 Å². The first-order valence-corrected chi connectivity index (χ1v) is 9.62. The Balaban J connectivity index is 1.87. The number of aromatic carboxylic acids is 1. The van der Waals surface area contributed by atoms with Crippen LogP contribution in [-0.2, 0) is 10.2 Å². The monoisotopic (exact) mass is 366 g/mol. The lowest BCUT2D eigenvalue weighted by molar-refractivity contribution is 0.0697. The van der Waals surface area contributed by atoms with Gasteiger partial charge in [-0.1, -0.05) is 24.8 Å². The summed E-state index contributed by atoms with van der Waals surface area (Å²) in [6.07, 6.45) is 2.30. The summed E-state index contributed by atoms with van der Waals surface area (Å²) in [6.45, 7) is 3.00. The van der Waals surface area contributed by atoms with E-state index >= 15 is 0 Å². The Bertz CT molecular complexity index is 861. The molecule has 26 heavy (non-hydrogen) atoms. The molecule has 0 fully saturated rings. The molecule has 3 rings (SSSR count). The summed E-state index contributed by atoms with van der Waals surface area (Å²) in [4.78, 5) is 12.2. The second-order valence-electron chi connectivity index (χ2n) is 6.79. The van der Waals surface area contributed by atoms with Crippen LogP contribution in [0.3, 0.4) is 0 Å². The van der Waals surface area contributed by atoms with E-state index in [1.165, 1.54) is 16.9 Å². The molecule has 0 saturated heterocycles. The van der Waals surface area contributed by atoms with Gasteiger partial charge < -0.3 is 9.84 Å². The van der Waals surface area contributed by atoms with Crippen LogP contribution in [-0.4, -0.2) is 30.5 Å². The van der Waals surface area contributed by atoms with E-state index in [0.29, 0.717) is 0 Å². The lowest BCUT2D eigenvalue weighted by Gasteiger charge is -2.29. The van der Waals surface area contributed by atoms with Crippen molar-refractivity contribution in [2.75, 3.05) is 19.5 Å². The lowest BCUT2D eigenvalue weighted by Crippen LogP contribution is -2.27. The summed E-state index contributed by atoms with van der Waals surface area (Å²) in [5.74, 6) is 6.50. The summed E-state index contributed by atoms with van der Waals surface area (Å²) in [5.41, 5.74) is 3.45. The Kier molecular flexibility index (Phi) is 5.70. The van der Waals surface area contributed by atoms with Gasteiger partial charge in [0.1, 0.15) is 0 Å². The van der Waals surface area contributed by atoms with Crippen molar-refractivity contribution < 1.29 is 14.6 Å². The van der Waals surface area contributed by atoms with Crippen LogP contribution in [0, 0.1) is 11.8 Å². The summed E-state index contributed by atoms with van der Waals surface area (Å²) >= 11 is 1.89. The van der Waals surface area contributed by atoms with Gasteiger partial charge in [-0.25, -0.2) is 4.79 Å². The molecule has 4 heteroatoms. The minimum atomic E-state index is -0.925. The maximum absolute atomic E-state index is 10.9. The van der Waals surface area contributed by atoms with Crippen LogP contribution in [0.2, 0.25) is 0 Å². The zero-order valence-corrected chi connectivity index (χ0v) is 15.9. The molecule has 1 aliphatic rings. The highest BCUT2D eigenvalue weighted by Gasteiger charge is 2.31. The van der Waals surface area contributed by atoms with Gasteiger partial charge >= 0.3 is 5.97 Å². The van der Waals surface area contributed by atoms with E-state index in [4.69, 9.17) is 9.84 Å². The van der Waals surface area contributed by atoms with Crippen molar-refractivity contribution in [3.63, 3.8) is 0 Å². The highest BCUT2D eigenvalue weighted by molar-refractivity contribution is 7.99. The minimum absolute atomic E-state index is 0.0478. The molecule has 1 aliphatic heterocycles. The number of carboxylic acid groups (broad SMARTS) is 1. The molecular formula is C22H22O3S. The average Bonchev–Trinajstić information content (AvgIpc) is 2.79. The molecule has 0 saturated carbocycles. The molecule has 1 heterocycles. The third kappa shape index (κ3) is 4.12. The van der Waals surface area contributed by atoms with Gasteiger partial charge in [0.15, 0.2) is 0 Å². The van der Waals surface area contributed by atoms with Gasteiger partial charge in [-0.05, 0) is 60.6 Å². The van der Waals surface area contributed by atoms with Crippen LogP contribution < -0.4 is 0 Å². The summed E-state index contributed by atoms with van der Waals surface area (Å²) in [5, 5.41) is 8.95. The Morgan fingerprint density at radius 3 is 2.58 bits per heavy atom. The zero-order valence-electron chi connectivity index (χ0n) is 15.0. The number of carbonyl (C=O) groups is 1. The van der Waals surface area contributed by atoms with E-state index in [9.17, 15) is 4.79 Å². The number of benzene rings is 2. The minimum Gasteiger partial charge on any atom is -0.478 e. The highest BCUT2D eigenvalue weighted by Crippen LogP contribution is 2.40. The smallest absolute Gasteiger partial charge is 0.335 e. The number of carboxylic acids is 1. The van der Waals surface area contributed by atoms with Crippen molar-refractivity contribution in [3.8, 4) is 11.8 Å². The Hall–Kier alpha value is -2.22. The predicted octanol–water partition coefficient (Wildman–Crippen LogP) is 4.57. The molecule has 0 spiro atoms. The molecule has 0 bridgehead atoms. The molecule has 2 aromatic rings. The largest absolute Gasteiger partial charge is 0.478 e. The maximum Gasteiger partial charge on any atom is 0.335 e. The van der Waals surface area contributed by atoms with E-state index in [1.54, 1.807) is 31.4 Å². The van der Waals surface area contributed by atoms with Gasteiger partial charge in [-0.3, -0.25) is 0 Å². The van der Waals surface area contributed by atoms with Crippen molar-refractivity contribution in [3.05, 3.63) is 64.7 Å². The first-order chi connectivity index (χ1) is 12.5. The van der Waals surface area contributed by atoms with Gasteiger partial charge in [0.2, 0.25) is 0 Å². The van der Waals surface area contributed by atoms with Crippen LogP contribution in [0.15, 0.2) is 47.4 Å². The number of fused-ring (bicyclic) bond motifs is 1. The molecule has 1 atom stereocenters. The second-order valence-corrected chi connectivity index (χ2v) is 7.93. The lowest BCUT2D eigenvalue weighted by atomic mass is 9.79. The van der Waals surface area contributed by atoms with Crippen molar-refractivity contribution in [1.29, 1.82) is 0 Å². The molecule has 1 unspecified atom stereocenters. The third-order valence-electron chi connectivity index (χ3n) is 4.71. The first kappa shape index (κ1) is 18.6. The second kappa shape index (κ2) is 7.99. The maximum atomic E-state index is 10.9. The molecule has 134 valence electrons. The standard InChI is InChI=1S/C22H22O3S/c1-22(15-25-2)12-3-13-26-20-14-17(8-11-19(20)22)5-4-16-6-9-18(10-7-16)21(23)24/h6-11,14H,3,12-13,15H2,1-2H3,(H,23,24). The summed E-state index contributed by atoms with van der Waals surface area (Å²) in [7, 11) is 1.76. The SMILES string of the molecule is COCC1(C)CCCSc2cc(C#Cc3ccc(C(=O)O)cc3)ccc21. The van der Waals surface area contributed by atoms with Crippen LogP contribution in [0.5, 0.6) is 0 Å². The van der Waals surface area contributed by atoms with E-state index in [1.807, 2.05) is 11.8 Å². The molecule has 0 radical (unpaired) electrons. The number of hydrogen-bond donors (Lipinski definition) is 1. The van der Waals surface area contributed by atoms with Crippen molar-refractivity contribution in [1.82, 2.24) is 0 Å². The fourth-order valence-corrected chi connectivity index (χ4v) is 4.50. The number of hydrogen-bond acceptors (Lipinski definition) is 3. The van der Waals surface area contributed by atoms with Crippen molar-refractivity contribution >= 4 is 17.7 Å². The van der Waals surface area contributed by atoms with Crippen LogP contribution in [0.25, 0.3) is 0 Å². The number of thioether (sulfide) groups is 1. The van der Waals surface area contributed by atoms with Crippen LogP contribution in [0.1, 0.15) is 46.8 Å². The van der Waals surface area contributed by atoms with Crippen molar-refractivity contribution in [2.45, 2.75) is 30.1 Å². The molecule has 0 aromatic heterocycles.